The molecule has 0 aliphatic heterocycles. The number of nitrogens with two attached hydrogens (primary N) is 1. The summed E-state index contributed by atoms with van der Waals surface area (Å²) in [7, 11) is -3.91. The largest absolute Gasteiger partial charge is 0.369 e. The molecule has 96 valence electrons. The van der Waals surface area contributed by atoms with Crippen molar-refractivity contribution < 1.29 is 18.0 Å². The first-order chi connectivity index (χ1) is 8.39. The first-order valence-corrected chi connectivity index (χ1v) is 6.51. The quantitative estimate of drug-likeness (QED) is 0.732. The molecule has 1 rings (SSSR count). The molecule has 0 unspecified atom stereocenters. The van der Waals surface area contributed by atoms with Gasteiger partial charge in [0.2, 0.25) is 11.8 Å². The fourth-order valence-corrected chi connectivity index (χ4v) is 1.91. The van der Waals surface area contributed by atoms with Crippen molar-refractivity contribution in [1.29, 1.82) is 0 Å². The van der Waals surface area contributed by atoms with Gasteiger partial charge in [-0.1, -0.05) is 30.3 Å². The Morgan fingerprint density at radius 2 is 1.83 bits per heavy atom. The second kappa shape index (κ2) is 5.97. The highest BCUT2D eigenvalue weighted by atomic mass is 32.2. The molecule has 0 aromatic heterocycles. The first-order valence-electron chi connectivity index (χ1n) is 4.96. The molecule has 18 heavy (non-hydrogen) atoms. The van der Waals surface area contributed by atoms with E-state index in [1.54, 1.807) is 35.1 Å². The zero-order valence-corrected chi connectivity index (χ0v) is 10.2. The van der Waals surface area contributed by atoms with Gasteiger partial charge in [-0.25, -0.2) is 13.1 Å². The van der Waals surface area contributed by atoms with Crippen LogP contribution in [0.3, 0.4) is 0 Å². The fourth-order valence-electron chi connectivity index (χ4n) is 1.12. The summed E-state index contributed by atoms with van der Waals surface area (Å²) in [4.78, 5) is 21.5. The van der Waals surface area contributed by atoms with E-state index in [4.69, 9.17) is 5.73 Å². The molecule has 6 nitrogen and oxygen atoms in total. The van der Waals surface area contributed by atoms with Gasteiger partial charge in [-0.3, -0.25) is 9.59 Å². The molecule has 0 spiro atoms. The van der Waals surface area contributed by atoms with Gasteiger partial charge in [-0.15, -0.1) is 0 Å². The minimum atomic E-state index is -3.91. The maximum Gasteiger partial charge on any atom is 0.257 e. The maximum absolute atomic E-state index is 11.4. The number of carbonyl (C=O) groups is 2. The summed E-state index contributed by atoms with van der Waals surface area (Å²) in [6.07, 6.45) is 0.665. The van der Waals surface area contributed by atoms with E-state index in [0.29, 0.717) is 5.56 Å². The summed E-state index contributed by atoms with van der Waals surface area (Å²) in [6, 6.07) is 8.70. The van der Waals surface area contributed by atoms with E-state index < -0.39 is 28.3 Å². The number of benzene rings is 1. The van der Waals surface area contributed by atoms with Crippen molar-refractivity contribution in [2.75, 3.05) is 0 Å². The van der Waals surface area contributed by atoms with E-state index in [1.807, 2.05) is 0 Å². The van der Waals surface area contributed by atoms with Crippen molar-refractivity contribution in [2.45, 2.75) is 6.42 Å². The Morgan fingerprint density at radius 3 is 2.39 bits per heavy atom. The van der Waals surface area contributed by atoms with Gasteiger partial charge in [0.1, 0.15) is 6.42 Å². The standard InChI is InChI=1S/C11H12N2O4S/c12-10(14)8-11(15)13-18(16,17)7-6-9-4-2-1-3-5-9/h1-7H,8H2,(H2,12,14)(H,13,15)/b7-6+. The molecule has 0 atom stereocenters. The number of carbonyl (C=O) groups excluding carboxylic acids is 2. The van der Waals surface area contributed by atoms with E-state index in [0.717, 1.165) is 5.41 Å². The van der Waals surface area contributed by atoms with Crippen molar-refractivity contribution in [1.82, 2.24) is 4.72 Å². The van der Waals surface area contributed by atoms with E-state index in [2.05, 4.69) is 0 Å². The molecule has 0 saturated carbocycles. The van der Waals surface area contributed by atoms with Crippen LogP contribution in [-0.2, 0) is 19.6 Å². The van der Waals surface area contributed by atoms with Gasteiger partial charge in [0.15, 0.2) is 0 Å². The van der Waals surface area contributed by atoms with Crippen LogP contribution in [0.4, 0.5) is 0 Å². The molecule has 7 heteroatoms. The van der Waals surface area contributed by atoms with Crippen molar-refractivity contribution in [3.05, 3.63) is 41.3 Å². The lowest BCUT2D eigenvalue weighted by Gasteiger charge is -2.00. The summed E-state index contributed by atoms with van der Waals surface area (Å²) in [6.45, 7) is 0. The highest BCUT2D eigenvalue weighted by Gasteiger charge is 2.12. The normalized spacial score (nSPS) is 11.3. The van der Waals surface area contributed by atoms with E-state index in [9.17, 15) is 18.0 Å². The molecule has 3 N–H and O–H groups in total. The highest BCUT2D eigenvalue weighted by molar-refractivity contribution is 7.93. The topological polar surface area (TPSA) is 106 Å². The van der Waals surface area contributed by atoms with Gasteiger partial charge in [0.05, 0.1) is 5.41 Å². The predicted octanol–water partition coefficient (Wildman–Crippen LogP) is -0.0213. The molecule has 0 saturated heterocycles. The summed E-state index contributed by atoms with van der Waals surface area (Å²) < 4.78 is 24.6. The Bertz CT molecular complexity index is 564. The second-order valence-corrected chi connectivity index (χ2v) is 4.99. The second-order valence-electron chi connectivity index (χ2n) is 3.43. The fraction of sp³-hybridized carbons (Fsp3) is 0.0909. The van der Waals surface area contributed by atoms with Gasteiger partial charge < -0.3 is 5.73 Å². The molecule has 0 bridgehead atoms. The molecule has 0 aliphatic carbocycles. The number of hydrogen-bond donors (Lipinski definition) is 2. The molecule has 0 radical (unpaired) electrons. The van der Waals surface area contributed by atoms with Crippen molar-refractivity contribution >= 4 is 27.9 Å². The van der Waals surface area contributed by atoms with Crippen LogP contribution in [0.2, 0.25) is 0 Å². The van der Waals surface area contributed by atoms with Gasteiger partial charge in [-0.05, 0) is 11.6 Å². The van der Waals surface area contributed by atoms with E-state index in [1.165, 1.54) is 6.08 Å². The maximum atomic E-state index is 11.4. The average Bonchev–Trinajstić information content (AvgIpc) is 2.26. The lowest BCUT2D eigenvalue weighted by molar-refractivity contribution is -0.126. The van der Waals surface area contributed by atoms with E-state index in [-0.39, 0.29) is 0 Å². The van der Waals surface area contributed by atoms with Crippen LogP contribution in [0.5, 0.6) is 0 Å². The number of sulfonamides is 1. The Morgan fingerprint density at radius 1 is 1.22 bits per heavy atom. The van der Waals surface area contributed by atoms with Crippen LogP contribution >= 0.6 is 0 Å². The third-order valence-electron chi connectivity index (χ3n) is 1.83. The zero-order valence-electron chi connectivity index (χ0n) is 9.37. The number of amides is 2. The van der Waals surface area contributed by atoms with Crippen molar-refractivity contribution in [3.8, 4) is 0 Å². The summed E-state index contributed by atoms with van der Waals surface area (Å²) in [5.74, 6) is -1.85. The minimum Gasteiger partial charge on any atom is -0.369 e. The number of hydrogen-bond acceptors (Lipinski definition) is 4. The predicted molar refractivity (Wildman–Crippen MR) is 66.3 cm³/mol. The van der Waals surface area contributed by atoms with Gasteiger partial charge >= 0.3 is 0 Å². The lowest BCUT2D eigenvalue weighted by atomic mass is 10.2. The van der Waals surface area contributed by atoms with Crippen molar-refractivity contribution in [2.24, 2.45) is 5.73 Å². The lowest BCUT2D eigenvalue weighted by Crippen LogP contribution is -2.32. The van der Waals surface area contributed by atoms with Gasteiger partial charge in [-0.2, -0.15) is 0 Å². The number of rotatable bonds is 5. The monoisotopic (exact) mass is 268 g/mol. The molecule has 0 fully saturated rings. The smallest absolute Gasteiger partial charge is 0.257 e. The van der Waals surface area contributed by atoms with Crippen LogP contribution in [0.25, 0.3) is 6.08 Å². The van der Waals surface area contributed by atoms with Gasteiger partial charge in [0, 0.05) is 0 Å². The minimum absolute atomic E-state index is 0.668. The number of primary amides is 1. The third-order valence-corrected chi connectivity index (χ3v) is 2.84. The molecule has 1 aromatic carbocycles. The Hall–Kier alpha value is -2.15. The molecule has 2 amide bonds. The van der Waals surface area contributed by atoms with Crippen LogP contribution in [0.15, 0.2) is 35.7 Å². The van der Waals surface area contributed by atoms with E-state index >= 15 is 0 Å². The Balaban J connectivity index is 2.68. The van der Waals surface area contributed by atoms with Crippen LogP contribution in [-0.4, -0.2) is 20.2 Å². The highest BCUT2D eigenvalue weighted by Crippen LogP contribution is 2.02. The SMILES string of the molecule is NC(=O)CC(=O)NS(=O)(=O)/C=C/c1ccccc1. The third kappa shape index (κ3) is 5.26. The summed E-state index contributed by atoms with van der Waals surface area (Å²) in [5.41, 5.74) is 5.44. The zero-order chi connectivity index (χ0) is 13.6. The molecule has 1 aromatic rings. The summed E-state index contributed by atoms with van der Waals surface area (Å²) >= 11 is 0. The Labute approximate surface area is 105 Å². The molecule has 0 aliphatic rings. The van der Waals surface area contributed by atoms with Crippen LogP contribution in [0.1, 0.15) is 12.0 Å². The molecular weight excluding hydrogens is 256 g/mol. The Kier molecular flexibility index (Phi) is 4.61. The van der Waals surface area contributed by atoms with Crippen molar-refractivity contribution in [3.63, 3.8) is 0 Å². The summed E-state index contributed by atoms with van der Waals surface area (Å²) in [5, 5.41) is 0.848. The van der Waals surface area contributed by atoms with Crippen LogP contribution in [0, 0.1) is 0 Å². The molecular formula is C11H12N2O4S. The average molecular weight is 268 g/mol. The molecule has 0 heterocycles. The van der Waals surface area contributed by atoms with Gasteiger partial charge in [0.25, 0.3) is 10.0 Å². The van der Waals surface area contributed by atoms with Crippen LogP contribution < -0.4 is 10.5 Å². The number of nitrogens with one attached hydrogen (secondary N) is 1. The first kappa shape index (κ1) is 13.9.